The van der Waals surface area contributed by atoms with Crippen LogP contribution in [0.25, 0.3) is 0 Å². The summed E-state index contributed by atoms with van der Waals surface area (Å²) >= 11 is 8.94. The maximum absolute atomic E-state index is 3.62. The quantitative estimate of drug-likeness (QED) is 0.806. The molecular formula is C13H13Br2NS. The normalized spacial score (nSPS) is 12.7. The van der Waals surface area contributed by atoms with Gasteiger partial charge in [0, 0.05) is 9.35 Å². The molecule has 0 aliphatic rings. The second-order valence-corrected chi connectivity index (χ2v) is 7.30. The van der Waals surface area contributed by atoms with Gasteiger partial charge >= 0.3 is 0 Å². The number of hydrogen-bond donors (Lipinski definition) is 1. The molecule has 4 heteroatoms. The molecule has 0 saturated carbocycles. The van der Waals surface area contributed by atoms with Crippen LogP contribution in [0.5, 0.6) is 0 Å². The van der Waals surface area contributed by atoms with Crippen LogP contribution in [0, 0.1) is 6.92 Å². The molecule has 1 aromatic carbocycles. The molecule has 0 spiro atoms. The second-order valence-electron chi connectivity index (χ2n) is 3.81. The van der Waals surface area contributed by atoms with Crippen molar-refractivity contribution in [2.75, 3.05) is 7.05 Å². The lowest BCUT2D eigenvalue weighted by Gasteiger charge is -2.18. The molecule has 0 amide bonds. The topological polar surface area (TPSA) is 12.0 Å². The minimum Gasteiger partial charge on any atom is -0.309 e. The molecule has 1 aromatic heterocycles. The fourth-order valence-corrected chi connectivity index (χ4v) is 4.19. The Kier molecular flexibility index (Phi) is 4.42. The molecule has 1 nitrogen and oxygen atoms in total. The minimum atomic E-state index is 0.230. The van der Waals surface area contributed by atoms with Crippen LogP contribution in [-0.4, -0.2) is 7.05 Å². The van der Waals surface area contributed by atoms with Crippen molar-refractivity contribution in [1.29, 1.82) is 0 Å². The Hall–Kier alpha value is -0.160. The second kappa shape index (κ2) is 5.65. The smallest absolute Gasteiger partial charge is 0.0704 e. The van der Waals surface area contributed by atoms with Crippen molar-refractivity contribution < 1.29 is 0 Å². The van der Waals surface area contributed by atoms with Gasteiger partial charge in [-0.2, -0.15) is 0 Å². The number of hydrogen-bond acceptors (Lipinski definition) is 2. The molecule has 0 radical (unpaired) electrons. The molecular weight excluding hydrogens is 362 g/mol. The highest BCUT2D eigenvalue weighted by Gasteiger charge is 2.18. The first-order valence-corrected chi connectivity index (χ1v) is 7.71. The fraction of sp³-hybridized carbons (Fsp3) is 0.231. The van der Waals surface area contributed by atoms with Crippen LogP contribution in [-0.2, 0) is 0 Å². The van der Waals surface area contributed by atoms with Gasteiger partial charge in [0.05, 0.1) is 9.83 Å². The number of nitrogens with one attached hydrogen (secondary N) is 1. The van der Waals surface area contributed by atoms with Gasteiger partial charge in [0.2, 0.25) is 0 Å². The van der Waals surface area contributed by atoms with Gasteiger partial charge in [-0.05, 0) is 53.2 Å². The summed E-state index contributed by atoms with van der Waals surface area (Å²) in [6.07, 6.45) is 0. The van der Waals surface area contributed by atoms with Gasteiger partial charge in [0.25, 0.3) is 0 Å². The van der Waals surface area contributed by atoms with Crippen molar-refractivity contribution in [2.45, 2.75) is 13.0 Å². The van der Waals surface area contributed by atoms with Gasteiger partial charge in [0.15, 0.2) is 0 Å². The van der Waals surface area contributed by atoms with Crippen molar-refractivity contribution in [3.8, 4) is 0 Å². The first kappa shape index (κ1) is 13.3. The Morgan fingerprint density at radius 3 is 2.41 bits per heavy atom. The monoisotopic (exact) mass is 373 g/mol. The van der Waals surface area contributed by atoms with E-state index < -0.39 is 0 Å². The zero-order valence-corrected chi connectivity index (χ0v) is 13.6. The molecule has 1 atom stereocenters. The minimum absolute atomic E-state index is 0.230. The molecule has 0 bridgehead atoms. The van der Waals surface area contributed by atoms with Crippen LogP contribution in [0.15, 0.2) is 38.6 Å². The summed E-state index contributed by atoms with van der Waals surface area (Å²) in [6.45, 7) is 2.16. The lowest BCUT2D eigenvalue weighted by molar-refractivity contribution is 0.688. The molecule has 2 rings (SSSR count). The van der Waals surface area contributed by atoms with E-state index in [0.29, 0.717) is 0 Å². The van der Waals surface area contributed by atoms with Gasteiger partial charge in [-0.1, -0.05) is 34.1 Å². The first-order chi connectivity index (χ1) is 8.13. The average molecular weight is 375 g/mol. The van der Waals surface area contributed by atoms with E-state index in [1.54, 1.807) is 11.3 Å². The SMILES string of the molecule is CNC(c1ccccc1Br)c1cc(Br)sc1C. The molecule has 0 fully saturated rings. The fourth-order valence-electron chi connectivity index (χ4n) is 1.93. The first-order valence-electron chi connectivity index (χ1n) is 5.31. The number of thiophene rings is 1. The van der Waals surface area contributed by atoms with Gasteiger partial charge in [0.1, 0.15) is 0 Å². The third-order valence-electron chi connectivity index (χ3n) is 2.74. The van der Waals surface area contributed by atoms with Crippen molar-refractivity contribution in [3.05, 3.63) is 54.6 Å². The zero-order valence-electron chi connectivity index (χ0n) is 9.63. The third-order valence-corrected chi connectivity index (χ3v) is 5.03. The van der Waals surface area contributed by atoms with Gasteiger partial charge in [-0.25, -0.2) is 0 Å². The lowest BCUT2D eigenvalue weighted by Crippen LogP contribution is -2.18. The van der Waals surface area contributed by atoms with E-state index in [4.69, 9.17) is 0 Å². The highest BCUT2D eigenvalue weighted by atomic mass is 79.9. The van der Waals surface area contributed by atoms with E-state index in [2.05, 4.69) is 68.4 Å². The summed E-state index contributed by atoms with van der Waals surface area (Å²) in [5.74, 6) is 0. The summed E-state index contributed by atoms with van der Waals surface area (Å²) in [6, 6.07) is 10.8. The highest BCUT2D eigenvalue weighted by Crippen LogP contribution is 2.35. The van der Waals surface area contributed by atoms with Crippen molar-refractivity contribution in [3.63, 3.8) is 0 Å². The van der Waals surface area contributed by atoms with Crippen LogP contribution in [0.4, 0.5) is 0 Å². The van der Waals surface area contributed by atoms with E-state index in [0.717, 1.165) is 4.47 Å². The Labute approximate surface area is 123 Å². The Balaban J connectivity index is 2.47. The largest absolute Gasteiger partial charge is 0.309 e. The summed E-state index contributed by atoms with van der Waals surface area (Å²) in [4.78, 5) is 1.34. The Morgan fingerprint density at radius 1 is 1.18 bits per heavy atom. The third kappa shape index (κ3) is 2.81. The number of aryl methyl sites for hydroxylation is 1. The molecule has 1 unspecified atom stereocenters. The molecule has 1 N–H and O–H groups in total. The Morgan fingerprint density at radius 2 is 1.88 bits per heavy atom. The van der Waals surface area contributed by atoms with E-state index in [9.17, 15) is 0 Å². The lowest BCUT2D eigenvalue weighted by atomic mass is 10.00. The molecule has 1 heterocycles. The average Bonchev–Trinajstić information content (AvgIpc) is 2.62. The highest BCUT2D eigenvalue weighted by molar-refractivity contribution is 9.11. The molecule has 0 aliphatic heterocycles. The van der Waals surface area contributed by atoms with Crippen LogP contribution in [0.1, 0.15) is 22.0 Å². The summed E-state index contributed by atoms with van der Waals surface area (Å²) in [7, 11) is 2.00. The van der Waals surface area contributed by atoms with Crippen molar-refractivity contribution in [2.24, 2.45) is 0 Å². The summed E-state index contributed by atoms with van der Waals surface area (Å²) in [5, 5.41) is 3.39. The molecule has 17 heavy (non-hydrogen) atoms. The zero-order chi connectivity index (χ0) is 12.4. The van der Waals surface area contributed by atoms with E-state index in [1.807, 2.05) is 13.1 Å². The predicted octanol–water partition coefficient (Wildman–Crippen LogP) is 4.89. The number of benzene rings is 1. The summed E-state index contributed by atoms with van der Waals surface area (Å²) in [5.41, 5.74) is 2.60. The van der Waals surface area contributed by atoms with Crippen molar-refractivity contribution >= 4 is 43.2 Å². The van der Waals surface area contributed by atoms with Crippen LogP contribution >= 0.6 is 43.2 Å². The summed E-state index contributed by atoms with van der Waals surface area (Å²) < 4.78 is 2.32. The van der Waals surface area contributed by atoms with Gasteiger partial charge < -0.3 is 5.32 Å². The van der Waals surface area contributed by atoms with Gasteiger partial charge in [-0.15, -0.1) is 11.3 Å². The number of halogens is 2. The number of rotatable bonds is 3. The Bertz CT molecular complexity index is 522. The van der Waals surface area contributed by atoms with Crippen molar-refractivity contribution in [1.82, 2.24) is 5.32 Å². The predicted molar refractivity (Wildman–Crippen MR) is 81.8 cm³/mol. The van der Waals surface area contributed by atoms with E-state index in [-0.39, 0.29) is 6.04 Å². The van der Waals surface area contributed by atoms with E-state index in [1.165, 1.54) is 19.8 Å². The van der Waals surface area contributed by atoms with E-state index >= 15 is 0 Å². The van der Waals surface area contributed by atoms with Crippen LogP contribution in [0.3, 0.4) is 0 Å². The van der Waals surface area contributed by atoms with Crippen LogP contribution < -0.4 is 5.32 Å². The van der Waals surface area contributed by atoms with Gasteiger partial charge in [-0.3, -0.25) is 0 Å². The molecule has 90 valence electrons. The molecule has 0 saturated heterocycles. The maximum Gasteiger partial charge on any atom is 0.0704 e. The van der Waals surface area contributed by atoms with Crippen LogP contribution in [0.2, 0.25) is 0 Å². The standard InChI is InChI=1S/C13H13Br2NS/c1-8-10(7-12(15)17-8)13(16-2)9-5-3-4-6-11(9)14/h3-7,13,16H,1-2H3. The molecule has 0 aliphatic carbocycles. The molecule has 2 aromatic rings. The maximum atomic E-state index is 3.62.